The Labute approximate surface area is 283 Å². The summed E-state index contributed by atoms with van der Waals surface area (Å²) in [4.78, 5) is 44.8. The molecule has 0 heterocycles. The van der Waals surface area contributed by atoms with Gasteiger partial charge in [0.15, 0.2) is 0 Å². The van der Waals surface area contributed by atoms with Crippen molar-refractivity contribution in [3.05, 3.63) is 50.6 Å². The molecule has 0 aliphatic carbocycles. The lowest BCUT2D eigenvalue weighted by Gasteiger charge is -2.33. The highest BCUT2D eigenvalue weighted by molar-refractivity contribution is 5.82. The first-order chi connectivity index (χ1) is 17.8. The van der Waals surface area contributed by atoms with E-state index in [1.165, 1.54) is 0 Å². The molecule has 0 aliphatic heterocycles. The highest BCUT2D eigenvalue weighted by Crippen LogP contribution is 2.21. The van der Waals surface area contributed by atoms with Crippen LogP contribution in [0.15, 0.2) is 50.6 Å². The van der Waals surface area contributed by atoms with E-state index in [0.29, 0.717) is 0 Å². The maximum atomic E-state index is 11.2. The van der Waals surface area contributed by atoms with Gasteiger partial charge >= 0.3 is 23.9 Å². The quantitative estimate of drug-likeness (QED) is 0.0467. The Morgan fingerprint density at radius 2 is 0.543 bits per heavy atom. The van der Waals surface area contributed by atoms with E-state index in [0.717, 1.165) is 24.3 Å². The van der Waals surface area contributed by atoms with Crippen LogP contribution < -0.4 is 0 Å². The van der Waals surface area contributed by atoms with Gasteiger partial charge in [0.05, 0.1) is 58.3 Å². The molecule has 0 saturated heterocycles. The molecule has 0 N–H and O–H groups in total. The minimum Gasteiger partial charge on any atom is -0.460 e. The van der Waals surface area contributed by atoms with Crippen LogP contribution in [0.1, 0.15) is 66.8 Å². The average molecular weight is 673 g/mol. The minimum atomic E-state index is -0.879. The van der Waals surface area contributed by atoms with Gasteiger partial charge in [-0.25, -0.2) is 19.2 Å². The zero-order valence-corrected chi connectivity index (χ0v) is 21.0. The molecule has 12 nitrogen and oxygen atoms in total. The molecule has 0 amide bonds. The fourth-order valence-corrected chi connectivity index (χ4v) is 2.45. The highest BCUT2D eigenvalue weighted by atomic mass is 16.6. The van der Waals surface area contributed by atoms with Crippen molar-refractivity contribution in [2.45, 2.75) is 66.8 Å². The van der Waals surface area contributed by atoms with Crippen molar-refractivity contribution in [2.75, 3.05) is 79.3 Å². The SMILES string of the molecule is C.C.C.C.C.C.C.C.C.C=CC(=O)OCCOCC(COCCOC(=O)C=C)(COCCOC(=O)C=C)COCCOC(=O)C=C. The van der Waals surface area contributed by atoms with Crippen LogP contribution >= 0.6 is 0 Å². The topological polar surface area (TPSA) is 142 Å². The van der Waals surface area contributed by atoms with Crippen LogP contribution in [0.4, 0.5) is 0 Å². The molecule has 0 saturated carbocycles. The van der Waals surface area contributed by atoms with E-state index in [2.05, 4.69) is 26.3 Å². The first kappa shape index (κ1) is 69.4. The van der Waals surface area contributed by atoms with Gasteiger partial charge in [-0.15, -0.1) is 0 Å². The fourth-order valence-electron chi connectivity index (χ4n) is 2.45. The van der Waals surface area contributed by atoms with Crippen LogP contribution in [0, 0.1) is 5.41 Å². The van der Waals surface area contributed by atoms with E-state index in [1.54, 1.807) is 0 Å². The Hall–Kier alpha value is -3.32. The summed E-state index contributed by atoms with van der Waals surface area (Å²) in [5.74, 6) is -2.33. The third-order valence-corrected chi connectivity index (χ3v) is 4.19. The lowest BCUT2D eigenvalue weighted by Crippen LogP contribution is -2.43. The number of carbonyl (C=O) groups excluding carboxylic acids is 4. The predicted molar refractivity (Wildman–Crippen MR) is 191 cm³/mol. The molecule has 0 rings (SSSR count). The number of hydrogen-bond donors (Lipinski definition) is 0. The summed E-state index contributed by atoms with van der Waals surface area (Å²) in [6.07, 6.45) is 4.16. The monoisotopic (exact) mass is 673 g/mol. The van der Waals surface area contributed by atoms with E-state index in [4.69, 9.17) is 37.9 Å². The molecule has 0 aromatic rings. The predicted octanol–water partition coefficient (Wildman–Crippen LogP) is 6.68. The van der Waals surface area contributed by atoms with Gasteiger partial charge in [0.25, 0.3) is 0 Å². The molecule has 280 valence electrons. The van der Waals surface area contributed by atoms with Crippen molar-refractivity contribution in [1.29, 1.82) is 0 Å². The molecule has 0 radical (unpaired) electrons. The number of esters is 4. The van der Waals surface area contributed by atoms with Crippen molar-refractivity contribution in [2.24, 2.45) is 5.41 Å². The van der Waals surface area contributed by atoms with Crippen molar-refractivity contribution >= 4 is 23.9 Å². The Kier molecular flexibility index (Phi) is 69.6. The van der Waals surface area contributed by atoms with Gasteiger partial charge in [0.2, 0.25) is 0 Å². The summed E-state index contributed by atoms with van der Waals surface area (Å²) < 4.78 is 42.3. The lowest BCUT2D eigenvalue weighted by molar-refractivity contribution is -0.146. The Bertz CT molecular complexity index is 625. The van der Waals surface area contributed by atoms with Crippen LogP contribution in [0.5, 0.6) is 0 Å². The number of hydrogen-bond acceptors (Lipinski definition) is 12. The molecule has 46 heavy (non-hydrogen) atoms. The summed E-state index contributed by atoms with van der Waals surface area (Å²) in [7, 11) is 0. The lowest BCUT2D eigenvalue weighted by atomic mass is 9.92. The van der Waals surface area contributed by atoms with Crippen molar-refractivity contribution in [3.8, 4) is 0 Å². The third-order valence-electron chi connectivity index (χ3n) is 4.19. The van der Waals surface area contributed by atoms with E-state index in [9.17, 15) is 19.2 Å². The average Bonchev–Trinajstić information content (AvgIpc) is 2.91. The van der Waals surface area contributed by atoms with Gasteiger partial charge in [-0.3, -0.25) is 0 Å². The number of carbonyl (C=O) groups is 4. The van der Waals surface area contributed by atoms with Gasteiger partial charge in [-0.1, -0.05) is 93.2 Å². The second-order valence-electron chi connectivity index (χ2n) is 7.20. The molecular formula is C34H72O12. The third kappa shape index (κ3) is 38.7. The van der Waals surface area contributed by atoms with Gasteiger partial charge in [-0.05, 0) is 0 Å². The Balaban J connectivity index is -0.000000180. The van der Waals surface area contributed by atoms with Crippen molar-refractivity contribution < 1.29 is 57.1 Å². The summed E-state index contributed by atoms with van der Waals surface area (Å²) in [6, 6.07) is 0. The van der Waals surface area contributed by atoms with Gasteiger partial charge < -0.3 is 37.9 Å². The first-order valence-electron chi connectivity index (χ1n) is 11.3. The molecule has 12 heteroatoms. The van der Waals surface area contributed by atoms with Crippen LogP contribution in [-0.2, 0) is 57.1 Å². The molecular weight excluding hydrogens is 600 g/mol. The molecule has 0 aromatic heterocycles. The second kappa shape index (κ2) is 46.1. The van der Waals surface area contributed by atoms with Crippen LogP contribution in [0.25, 0.3) is 0 Å². The molecule has 0 atom stereocenters. The highest BCUT2D eigenvalue weighted by Gasteiger charge is 2.33. The maximum absolute atomic E-state index is 11.2. The Morgan fingerprint density at radius 3 is 0.696 bits per heavy atom. The zero-order chi connectivity index (χ0) is 27.8. The van der Waals surface area contributed by atoms with Crippen LogP contribution in [-0.4, -0.2) is 103 Å². The molecule has 0 unspecified atom stereocenters. The molecule has 0 fully saturated rings. The minimum absolute atomic E-state index is 0. The molecule has 0 spiro atoms. The maximum Gasteiger partial charge on any atom is 0.330 e. The molecule has 0 bridgehead atoms. The van der Waals surface area contributed by atoms with Gasteiger partial charge in [0.1, 0.15) is 26.4 Å². The Morgan fingerprint density at radius 1 is 0.370 bits per heavy atom. The second-order valence-corrected chi connectivity index (χ2v) is 7.20. The van der Waals surface area contributed by atoms with E-state index < -0.39 is 29.3 Å². The number of ether oxygens (including phenoxy) is 8. The van der Waals surface area contributed by atoms with Crippen molar-refractivity contribution in [1.82, 2.24) is 0 Å². The normalized spacial score (nSPS) is 8.52. The van der Waals surface area contributed by atoms with Crippen molar-refractivity contribution in [3.63, 3.8) is 0 Å². The zero-order valence-electron chi connectivity index (χ0n) is 21.0. The van der Waals surface area contributed by atoms with Gasteiger partial charge in [0, 0.05) is 24.3 Å². The summed E-state index contributed by atoms with van der Waals surface area (Å²) in [5.41, 5.74) is -0.879. The van der Waals surface area contributed by atoms with Crippen LogP contribution in [0.2, 0.25) is 0 Å². The molecule has 0 aliphatic rings. The van der Waals surface area contributed by atoms with Gasteiger partial charge in [-0.2, -0.15) is 0 Å². The summed E-state index contributed by atoms with van der Waals surface area (Å²) in [5, 5.41) is 0. The smallest absolute Gasteiger partial charge is 0.330 e. The number of rotatable bonds is 24. The van der Waals surface area contributed by atoms with E-state index >= 15 is 0 Å². The van der Waals surface area contributed by atoms with E-state index in [1.807, 2.05) is 0 Å². The largest absolute Gasteiger partial charge is 0.460 e. The first-order valence-corrected chi connectivity index (χ1v) is 11.3. The van der Waals surface area contributed by atoms with Crippen LogP contribution in [0.3, 0.4) is 0 Å². The fraction of sp³-hybridized carbons (Fsp3) is 0.647. The standard InChI is InChI=1S/C25H36O12.9CH4/c1-5-21(26)34-13-9-30-17-25(18-31-10-14-35-22(27)6-2,19-32-11-15-36-23(28)7-3)20-33-12-16-37-24(29)8-4;;;;;;;;;/h5-8H,1-4,9-20H2;9*1H4. The van der Waals surface area contributed by atoms with E-state index in [-0.39, 0.29) is 146 Å². The summed E-state index contributed by atoms with van der Waals surface area (Å²) in [6.45, 7) is 13.8. The summed E-state index contributed by atoms with van der Waals surface area (Å²) >= 11 is 0. The molecule has 0 aromatic carbocycles.